The lowest BCUT2D eigenvalue weighted by molar-refractivity contribution is -0.142. The fourth-order valence-electron chi connectivity index (χ4n) is 7.47. The van der Waals surface area contributed by atoms with Gasteiger partial charge in [0.05, 0.1) is 17.3 Å². The van der Waals surface area contributed by atoms with Crippen LogP contribution in [0, 0.1) is 11.3 Å². The smallest absolute Gasteiger partial charge is 0.326 e. The van der Waals surface area contributed by atoms with Crippen molar-refractivity contribution in [1.29, 1.82) is 5.26 Å². The Labute approximate surface area is 351 Å². The molecule has 6 aromatic rings. The molecule has 8 rings (SSSR count). The Balaban J connectivity index is 1.04. The summed E-state index contributed by atoms with van der Waals surface area (Å²) in [6, 6.07) is 40.9. The molecule has 0 aromatic heterocycles. The zero-order chi connectivity index (χ0) is 41.8. The molecular formula is C48H37ClN4O7. The fraction of sp³-hybridized carbons (Fsp3) is 0.146. The van der Waals surface area contributed by atoms with E-state index in [4.69, 9.17) is 26.3 Å². The molecule has 3 amide bonds. The number of nitriles is 1. The van der Waals surface area contributed by atoms with Crippen LogP contribution in [-0.4, -0.2) is 52.4 Å². The van der Waals surface area contributed by atoms with Crippen molar-refractivity contribution in [3.05, 3.63) is 178 Å². The van der Waals surface area contributed by atoms with Crippen LogP contribution in [0.4, 0.5) is 11.4 Å². The Hall–Kier alpha value is -7.42. The second-order valence-corrected chi connectivity index (χ2v) is 15.0. The van der Waals surface area contributed by atoms with Crippen LogP contribution in [0.1, 0.15) is 38.2 Å². The highest BCUT2D eigenvalue weighted by Gasteiger charge is 2.39. The predicted molar refractivity (Wildman–Crippen MR) is 225 cm³/mol. The van der Waals surface area contributed by atoms with E-state index in [2.05, 4.69) is 11.4 Å². The third kappa shape index (κ3) is 8.55. The Morgan fingerprint density at radius 1 is 0.850 bits per heavy atom. The number of hydrogen-bond acceptors (Lipinski definition) is 7. The first kappa shape index (κ1) is 39.4. The molecule has 0 saturated heterocycles. The summed E-state index contributed by atoms with van der Waals surface area (Å²) in [7, 11) is 0. The number of nitrogens with one attached hydrogen (secondary N) is 1. The number of aliphatic carboxylic acids is 1. The van der Waals surface area contributed by atoms with Gasteiger partial charge in [0.15, 0.2) is 6.61 Å². The molecule has 12 heteroatoms. The Morgan fingerprint density at radius 3 is 2.25 bits per heavy atom. The van der Waals surface area contributed by atoms with E-state index in [9.17, 15) is 24.3 Å². The molecule has 0 spiro atoms. The van der Waals surface area contributed by atoms with Crippen LogP contribution in [0.2, 0.25) is 5.02 Å². The lowest BCUT2D eigenvalue weighted by Gasteiger charge is -2.38. The van der Waals surface area contributed by atoms with Gasteiger partial charge in [0.1, 0.15) is 30.2 Å². The zero-order valence-corrected chi connectivity index (χ0v) is 32.8. The number of carbonyl (C=O) groups is 4. The molecule has 298 valence electrons. The molecule has 11 nitrogen and oxygen atoms in total. The predicted octanol–water partition coefficient (Wildman–Crippen LogP) is 7.89. The molecule has 0 bridgehead atoms. The number of amides is 3. The molecule has 0 aliphatic carbocycles. The van der Waals surface area contributed by atoms with Gasteiger partial charge in [-0.25, -0.2) is 4.79 Å². The summed E-state index contributed by atoms with van der Waals surface area (Å²) in [5.41, 5.74) is 6.81. The van der Waals surface area contributed by atoms with Crippen molar-refractivity contribution in [3.63, 3.8) is 0 Å². The maximum atomic E-state index is 14.3. The third-order valence-corrected chi connectivity index (χ3v) is 10.8. The molecule has 2 atom stereocenters. The van der Waals surface area contributed by atoms with Crippen molar-refractivity contribution < 1.29 is 33.8 Å². The summed E-state index contributed by atoms with van der Waals surface area (Å²) < 4.78 is 11.9. The van der Waals surface area contributed by atoms with Crippen LogP contribution >= 0.6 is 11.6 Å². The molecule has 0 fully saturated rings. The zero-order valence-electron chi connectivity index (χ0n) is 32.1. The first-order valence-corrected chi connectivity index (χ1v) is 19.6. The molecule has 2 N–H and O–H groups in total. The Bertz CT molecular complexity index is 2630. The number of carboxylic acids is 1. The topological polar surface area (TPSA) is 149 Å². The van der Waals surface area contributed by atoms with Gasteiger partial charge in [0.25, 0.3) is 11.8 Å². The lowest BCUT2D eigenvalue weighted by Crippen LogP contribution is -2.56. The molecule has 2 heterocycles. The van der Waals surface area contributed by atoms with E-state index >= 15 is 0 Å². The van der Waals surface area contributed by atoms with Crippen molar-refractivity contribution >= 4 is 46.7 Å². The molecular weight excluding hydrogens is 780 g/mol. The van der Waals surface area contributed by atoms with Crippen LogP contribution in [0.15, 0.2) is 140 Å². The molecule has 0 radical (unpaired) electrons. The minimum absolute atomic E-state index is 0.00296. The fourth-order valence-corrected chi connectivity index (χ4v) is 7.68. The van der Waals surface area contributed by atoms with Crippen molar-refractivity contribution in [2.45, 2.75) is 38.1 Å². The third-order valence-electron chi connectivity index (χ3n) is 10.6. The Morgan fingerprint density at radius 2 is 1.57 bits per heavy atom. The van der Waals surface area contributed by atoms with E-state index in [1.165, 1.54) is 4.90 Å². The van der Waals surface area contributed by atoms with Gasteiger partial charge in [-0.05, 0) is 106 Å². The number of benzene rings is 6. The summed E-state index contributed by atoms with van der Waals surface area (Å²) in [6.45, 7) is 0.148. The monoisotopic (exact) mass is 816 g/mol. The maximum absolute atomic E-state index is 14.3. The molecule has 6 aromatic carbocycles. The summed E-state index contributed by atoms with van der Waals surface area (Å²) in [5, 5.41) is 22.8. The van der Waals surface area contributed by atoms with E-state index in [1.807, 2.05) is 42.5 Å². The summed E-state index contributed by atoms with van der Waals surface area (Å²) in [5.74, 6) is -1.49. The summed E-state index contributed by atoms with van der Waals surface area (Å²) >= 11 is 6.12. The van der Waals surface area contributed by atoms with Crippen LogP contribution < -0.4 is 19.7 Å². The minimum Gasteiger partial charge on any atom is -0.489 e. The van der Waals surface area contributed by atoms with Gasteiger partial charge in [-0.2, -0.15) is 5.26 Å². The van der Waals surface area contributed by atoms with Crippen LogP contribution in [0.25, 0.3) is 11.1 Å². The number of carboxylic acid groups (broad SMARTS) is 1. The first-order chi connectivity index (χ1) is 29.1. The normalized spacial score (nSPS) is 14.8. The van der Waals surface area contributed by atoms with Crippen LogP contribution in [-0.2, 0) is 40.4 Å². The van der Waals surface area contributed by atoms with Gasteiger partial charge in [0.2, 0.25) is 5.91 Å². The number of carbonyl (C=O) groups excluding carboxylic acids is 3. The molecule has 60 heavy (non-hydrogen) atoms. The van der Waals surface area contributed by atoms with Crippen LogP contribution in [0.5, 0.6) is 11.5 Å². The number of halogens is 1. The van der Waals surface area contributed by atoms with E-state index in [0.717, 1.165) is 22.3 Å². The molecule has 0 unspecified atom stereocenters. The highest BCUT2D eigenvalue weighted by atomic mass is 35.5. The highest BCUT2D eigenvalue weighted by molar-refractivity contribution is 6.30. The van der Waals surface area contributed by atoms with Gasteiger partial charge in [-0.1, -0.05) is 78.3 Å². The molecule has 2 aliphatic heterocycles. The number of anilines is 2. The van der Waals surface area contributed by atoms with Crippen molar-refractivity contribution in [1.82, 2.24) is 10.2 Å². The number of fused-ring (bicyclic) bond motifs is 2. The molecule has 0 saturated carbocycles. The standard InChI is InChI=1S/C48H37ClN4O7/c49-38-8-4-5-32(21-38)28-59-40-19-17-39(18-20-40)53-42-23-36-24-43(52(47(56)35-6-2-1-3-7-35)27-37(36)25-44(42)60-29-45(53)54)46(55)51-41(48(57)58)22-30-9-13-33(14-10-30)34-15-11-31(26-50)12-16-34/h1-21,23,25,41,43H,22,24,27-29H2,(H,51,55)(H,57,58)/t41-,43-/m0/s1. The largest absolute Gasteiger partial charge is 0.489 e. The van der Waals surface area contributed by atoms with Gasteiger partial charge in [-0.3, -0.25) is 19.3 Å². The van der Waals surface area contributed by atoms with Crippen molar-refractivity contribution in [2.24, 2.45) is 0 Å². The van der Waals surface area contributed by atoms with E-state index in [0.29, 0.717) is 56.8 Å². The summed E-state index contributed by atoms with van der Waals surface area (Å²) in [6.07, 6.45) is 0.0496. The van der Waals surface area contributed by atoms with Gasteiger partial charge >= 0.3 is 5.97 Å². The van der Waals surface area contributed by atoms with Crippen molar-refractivity contribution in [3.8, 4) is 28.7 Å². The SMILES string of the molecule is N#Cc1ccc(-c2ccc(C[C@H](NC(=O)[C@@H]3Cc4cc5c(cc4CN3C(=O)c3ccccc3)OCC(=O)N5c3ccc(OCc4cccc(Cl)c4)cc3)C(=O)O)cc2)cc1. The second-order valence-electron chi connectivity index (χ2n) is 14.5. The van der Waals surface area contributed by atoms with Gasteiger partial charge < -0.3 is 24.8 Å². The second kappa shape index (κ2) is 17.2. The van der Waals surface area contributed by atoms with Gasteiger partial charge in [-0.15, -0.1) is 0 Å². The van der Waals surface area contributed by atoms with E-state index < -0.39 is 24.0 Å². The quantitative estimate of drug-likeness (QED) is 0.134. The minimum atomic E-state index is -1.30. The average molecular weight is 817 g/mol. The number of hydrogen-bond donors (Lipinski definition) is 2. The lowest BCUT2D eigenvalue weighted by atomic mass is 9.91. The number of rotatable bonds is 11. The van der Waals surface area contributed by atoms with Crippen LogP contribution in [0.3, 0.4) is 0 Å². The van der Waals surface area contributed by atoms with Crippen molar-refractivity contribution in [2.75, 3.05) is 11.5 Å². The Kier molecular flexibility index (Phi) is 11.3. The number of nitrogens with zero attached hydrogens (tertiary/aromatic N) is 3. The number of ether oxygens (including phenoxy) is 2. The maximum Gasteiger partial charge on any atom is 0.326 e. The molecule has 2 aliphatic rings. The van der Waals surface area contributed by atoms with Gasteiger partial charge in [0, 0.05) is 35.7 Å². The average Bonchev–Trinajstić information content (AvgIpc) is 3.27. The first-order valence-electron chi connectivity index (χ1n) is 19.2. The van der Waals surface area contributed by atoms with E-state index in [-0.39, 0.29) is 37.8 Å². The van der Waals surface area contributed by atoms with E-state index in [1.54, 1.807) is 102 Å². The highest BCUT2D eigenvalue weighted by Crippen LogP contribution is 2.42. The summed E-state index contributed by atoms with van der Waals surface area (Å²) in [4.78, 5) is 57.4.